The fourth-order valence-corrected chi connectivity index (χ4v) is 5.93. The number of aromatic nitrogens is 4. The highest BCUT2D eigenvalue weighted by atomic mass is 32.2. The second-order valence-electron chi connectivity index (χ2n) is 10.1. The summed E-state index contributed by atoms with van der Waals surface area (Å²) in [5, 5.41) is 25.1. The average Bonchev–Trinajstić information content (AvgIpc) is 3.65. The first-order valence-corrected chi connectivity index (χ1v) is 16.1. The monoisotopic (exact) mass is 662 g/mol. The highest BCUT2D eigenvalue weighted by Gasteiger charge is 2.30. The van der Waals surface area contributed by atoms with Gasteiger partial charge in [-0.2, -0.15) is 0 Å². The second-order valence-corrected chi connectivity index (χ2v) is 12.9. The summed E-state index contributed by atoms with van der Waals surface area (Å²) in [6.07, 6.45) is 1.57. The van der Waals surface area contributed by atoms with Crippen LogP contribution in [0.1, 0.15) is 31.1 Å². The number of thiazole rings is 1. The summed E-state index contributed by atoms with van der Waals surface area (Å²) in [5.74, 6) is -0.372. The zero-order chi connectivity index (χ0) is 32.6. The fraction of sp³-hybridized carbons (Fsp3) is 0.393. The van der Waals surface area contributed by atoms with Gasteiger partial charge >= 0.3 is 5.97 Å². The van der Waals surface area contributed by atoms with Gasteiger partial charge in [-0.05, 0) is 41.8 Å². The van der Waals surface area contributed by atoms with E-state index in [-0.39, 0.29) is 43.3 Å². The van der Waals surface area contributed by atoms with Gasteiger partial charge in [0, 0.05) is 0 Å². The van der Waals surface area contributed by atoms with Gasteiger partial charge in [0.1, 0.15) is 36.4 Å². The topological polar surface area (TPSA) is 207 Å². The predicted octanol–water partition coefficient (Wildman–Crippen LogP) is 1.56. The van der Waals surface area contributed by atoms with Gasteiger partial charge in [-0.15, -0.1) is 16.4 Å². The van der Waals surface area contributed by atoms with Gasteiger partial charge in [0.2, 0.25) is 10.2 Å². The molecule has 0 bridgehead atoms. The van der Waals surface area contributed by atoms with Gasteiger partial charge in [-0.25, -0.2) is 28.0 Å². The molecule has 2 atom stereocenters. The number of nitrogens with two attached hydrogens (primary N) is 1. The minimum atomic E-state index is -3.92. The molecule has 1 amide bonds. The van der Waals surface area contributed by atoms with E-state index in [0.29, 0.717) is 27.4 Å². The van der Waals surface area contributed by atoms with Crippen LogP contribution in [0.2, 0.25) is 0 Å². The fourth-order valence-electron chi connectivity index (χ4n) is 4.25. The molecule has 45 heavy (non-hydrogen) atoms. The van der Waals surface area contributed by atoms with E-state index >= 15 is 0 Å². The van der Waals surface area contributed by atoms with E-state index in [1.807, 2.05) is 19.9 Å². The van der Waals surface area contributed by atoms with Crippen LogP contribution < -0.4 is 19.9 Å². The van der Waals surface area contributed by atoms with E-state index < -0.39 is 34.0 Å². The molecule has 0 radical (unpaired) electrons. The minimum Gasteiger partial charge on any atom is -0.491 e. The van der Waals surface area contributed by atoms with Crippen LogP contribution in [-0.2, 0) is 42.3 Å². The third-order valence-corrected chi connectivity index (χ3v) is 8.66. The minimum absolute atomic E-state index is 0.0175. The zero-order valence-corrected chi connectivity index (χ0v) is 26.4. The number of sulfonamides is 1. The molecule has 2 heterocycles. The lowest BCUT2D eigenvalue weighted by molar-refractivity contribution is -0.147. The van der Waals surface area contributed by atoms with Crippen molar-refractivity contribution in [3.8, 4) is 11.5 Å². The van der Waals surface area contributed by atoms with Crippen molar-refractivity contribution >= 4 is 43.5 Å². The van der Waals surface area contributed by atoms with Crippen LogP contribution >= 0.6 is 11.3 Å². The smallest absolute Gasteiger partial charge is 0.330 e. The number of aliphatic hydroxyl groups excluding tert-OH is 1. The molecule has 4 N–H and O–H groups in total. The van der Waals surface area contributed by atoms with Crippen molar-refractivity contribution in [1.82, 2.24) is 25.3 Å². The highest BCUT2D eigenvalue weighted by Crippen LogP contribution is 2.28. The third kappa shape index (κ3) is 9.18. The molecule has 0 saturated heterocycles. The van der Waals surface area contributed by atoms with Crippen molar-refractivity contribution in [2.75, 3.05) is 26.9 Å². The van der Waals surface area contributed by atoms with Crippen LogP contribution in [0.25, 0.3) is 10.2 Å². The molecule has 0 saturated carbocycles. The molecule has 17 heteroatoms. The number of nitrogens with one attached hydrogen (secondary N) is 1. The largest absolute Gasteiger partial charge is 0.491 e. The van der Waals surface area contributed by atoms with Crippen molar-refractivity contribution in [3.05, 3.63) is 59.9 Å². The lowest BCUT2D eigenvalue weighted by atomic mass is 10.0. The highest BCUT2D eigenvalue weighted by molar-refractivity contribution is 7.91. The molecule has 0 fully saturated rings. The number of nitrogens with zero attached hydrogens (tertiary/aromatic N) is 4. The number of benzene rings is 2. The van der Waals surface area contributed by atoms with Gasteiger partial charge in [0.25, 0.3) is 10.0 Å². The number of hydrogen-bond acceptors (Lipinski definition) is 13. The molecule has 2 unspecified atom stereocenters. The van der Waals surface area contributed by atoms with Crippen LogP contribution in [0, 0.1) is 5.92 Å². The first kappa shape index (κ1) is 33.7. The van der Waals surface area contributed by atoms with E-state index in [0.717, 1.165) is 16.9 Å². The van der Waals surface area contributed by atoms with Crippen molar-refractivity contribution in [1.29, 1.82) is 0 Å². The Hall–Kier alpha value is -4.16. The van der Waals surface area contributed by atoms with Crippen LogP contribution in [-0.4, -0.2) is 78.4 Å². The molecule has 2 aromatic heterocycles. The molecule has 242 valence electrons. The van der Waals surface area contributed by atoms with E-state index in [9.17, 15) is 18.0 Å². The van der Waals surface area contributed by atoms with Crippen molar-refractivity contribution in [2.45, 2.75) is 43.5 Å². The molecule has 0 aliphatic rings. The van der Waals surface area contributed by atoms with E-state index in [1.165, 1.54) is 11.8 Å². The lowest BCUT2D eigenvalue weighted by Gasteiger charge is -2.23. The summed E-state index contributed by atoms with van der Waals surface area (Å²) >= 11 is 0.934. The van der Waals surface area contributed by atoms with Gasteiger partial charge in [-0.3, -0.25) is 4.79 Å². The molecule has 0 aliphatic heterocycles. The molecular formula is C28H34N6O9S2. The summed E-state index contributed by atoms with van der Waals surface area (Å²) in [6.45, 7) is 3.72. The lowest BCUT2D eigenvalue weighted by Crippen LogP contribution is -2.48. The summed E-state index contributed by atoms with van der Waals surface area (Å²) in [6, 6.07) is 10.1. The summed E-state index contributed by atoms with van der Waals surface area (Å²) < 4.78 is 46.8. The van der Waals surface area contributed by atoms with Crippen molar-refractivity contribution in [2.24, 2.45) is 11.1 Å². The molecule has 4 aromatic rings. The number of carbonyl (C=O) groups is 2. The Morgan fingerprint density at radius 1 is 1.11 bits per heavy atom. The Balaban J connectivity index is 1.37. The normalized spacial score (nSPS) is 13.0. The quantitative estimate of drug-likeness (QED) is 0.146. The average molecular weight is 663 g/mol. The Labute approximate surface area is 263 Å². The first-order chi connectivity index (χ1) is 21.5. The maximum atomic E-state index is 13.4. The number of methoxy groups -OCH3 is 1. The van der Waals surface area contributed by atoms with Gasteiger partial charge in [-0.1, -0.05) is 31.2 Å². The third-order valence-electron chi connectivity index (χ3n) is 6.33. The summed E-state index contributed by atoms with van der Waals surface area (Å²) in [4.78, 5) is 29.9. The maximum Gasteiger partial charge on any atom is 0.330 e. The number of amides is 1. The number of aliphatic hydroxyl groups is 1. The van der Waals surface area contributed by atoms with Gasteiger partial charge in [0.15, 0.2) is 6.04 Å². The summed E-state index contributed by atoms with van der Waals surface area (Å²) in [7, 11) is -2.70. The number of esters is 1. The standard InChI is InChI=1S/C28H34N6O9S2/c1-17(2)25(26(36)30-23(27(37)40-3)16-41-14-18-5-4-6-20(11-18)42-10-9-35)34-13-19(32-33-34)15-43-21-7-8-22-24(12-21)44-28(31-22)45(29,38)39/h4-8,11-13,17,23,25,35H,9-10,14-16H2,1-3H3,(H,30,36)(H2,29,38,39). The Bertz CT molecular complexity index is 1720. The second kappa shape index (κ2) is 15.2. The number of rotatable bonds is 16. The molecule has 4 rings (SSSR count). The number of carbonyl (C=O) groups excluding carboxylic acids is 2. The van der Waals surface area contributed by atoms with E-state index in [2.05, 4.69) is 20.6 Å². The van der Waals surface area contributed by atoms with E-state index in [4.69, 9.17) is 29.2 Å². The van der Waals surface area contributed by atoms with Crippen molar-refractivity contribution in [3.63, 3.8) is 0 Å². The summed E-state index contributed by atoms with van der Waals surface area (Å²) in [5.41, 5.74) is 1.68. The first-order valence-electron chi connectivity index (χ1n) is 13.7. The SMILES string of the molecule is COC(=O)C(COCc1cccc(OCCO)c1)NC(=O)C(C(C)C)n1cc(COc2ccc3nc(S(N)(=O)=O)sc3c2)nn1. The number of primary sulfonamides is 1. The van der Waals surface area contributed by atoms with Crippen molar-refractivity contribution < 1.29 is 42.1 Å². The van der Waals surface area contributed by atoms with Gasteiger partial charge < -0.3 is 29.4 Å². The number of ether oxygens (including phenoxy) is 4. The Kier molecular flexibility index (Phi) is 11.4. The van der Waals surface area contributed by atoms with Crippen LogP contribution in [0.5, 0.6) is 11.5 Å². The zero-order valence-electron chi connectivity index (χ0n) is 24.8. The Morgan fingerprint density at radius 2 is 1.89 bits per heavy atom. The molecule has 15 nitrogen and oxygen atoms in total. The Morgan fingerprint density at radius 3 is 2.60 bits per heavy atom. The number of fused-ring (bicyclic) bond motifs is 1. The van der Waals surface area contributed by atoms with Gasteiger partial charge in [0.05, 0.1) is 43.3 Å². The predicted molar refractivity (Wildman–Crippen MR) is 162 cm³/mol. The molecular weight excluding hydrogens is 628 g/mol. The molecule has 0 aliphatic carbocycles. The van der Waals surface area contributed by atoms with Crippen LogP contribution in [0.4, 0.5) is 0 Å². The molecule has 0 spiro atoms. The number of hydrogen-bond donors (Lipinski definition) is 3. The molecule has 2 aromatic carbocycles. The maximum absolute atomic E-state index is 13.4. The van der Waals surface area contributed by atoms with E-state index in [1.54, 1.807) is 42.6 Å². The van der Waals surface area contributed by atoms with Crippen LogP contribution in [0.3, 0.4) is 0 Å². The van der Waals surface area contributed by atoms with Crippen LogP contribution in [0.15, 0.2) is 53.0 Å².